The predicted molar refractivity (Wildman–Crippen MR) is 105 cm³/mol. The molecule has 0 aromatic heterocycles. The van der Waals surface area contributed by atoms with Crippen LogP contribution in [0.1, 0.15) is 31.2 Å². The van der Waals surface area contributed by atoms with Crippen LogP contribution in [0.2, 0.25) is 0 Å². The fourth-order valence-corrected chi connectivity index (χ4v) is 5.23. The Morgan fingerprint density at radius 2 is 1.68 bits per heavy atom. The van der Waals surface area contributed by atoms with Gasteiger partial charge < -0.3 is 4.74 Å². The van der Waals surface area contributed by atoms with Crippen molar-refractivity contribution in [2.75, 3.05) is 39.5 Å². The molecule has 0 saturated carbocycles. The van der Waals surface area contributed by atoms with Gasteiger partial charge in [-0.15, -0.1) is 0 Å². The molecule has 2 saturated heterocycles. The molecule has 8 heteroatoms. The van der Waals surface area contributed by atoms with E-state index in [2.05, 4.69) is 17.0 Å². The van der Waals surface area contributed by atoms with Crippen molar-refractivity contribution in [3.8, 4) is 17.9 Å². The van der Waals surface area contributed by atoms with Crippen LogP contribution in [0.15, 0.2) is 24.3 Å². The summed E-state index contributed by atoms with van der Waals surface area (Å²) in [6, 6.07) is 12.6. The molecule has 3 rings (SSSR count). The molecule has 0 amide bonds. The SMILES string of the molecule is COc1cccc(C2(C#N)CCN(C3(C#N)CCN(S(C)(=O)=O)CC3)CC2)c1. The number of benzene rings is 1. The predicted octanol–water partition coefficient (Wildman–Crippen LogP) is 1.87. The fraction of sp³-hybridized carbons (Fsp3) is 0.600. The van der Waals surface area contributed by atoms with Gasteiger partial charge in [-0.2, -0.15) is 10.5 Å². The second kappa shape index (κ2) is 7.71. The molecule has 7 nitrogen and oxygen atoms in total. The molecule has 0 atom stereocenters. The Labute approximate surface area is 167 Å². The quantitative estimate of drug-likeness (QED) is 0.763. The minimum atomic E-state index is -3.23. The molecule has 2 fully saturated rings. The summed E-state index contributed by atoms with van der Waals surface area (Å²) >= 11 is 0. The van der Waals surface area contributed by atoms with E-state index in [0.29, 0.717) is 51.9 Å². The Kier molecular flexibility index (Phi) is 5.67. The highest BCUT2D eigenvalue weighted by Gasteiger charge is 2.46. The zero-order chi connectivity index (χ0) is 20.4. The highest BCUT2D eigenvalue weighted by atomic mass is 32.2. The molecule has 2 aliphatic rings. The summed E-state index contributed by atoms with van der Waals surface area (Å²) in [6.07, 6.45) is 3.47. The molecule has 2 heterocycles. The Balaban J connectivity index is 1.75. The summed E-state index contributed by atoms with van der Waals surface area (Å²) in [6.45, 7) is 2.00. The van der Waals surface area contributed by atoms with Gasteiger partial charge in [-0.05, 0) is 43.4 Å². The van der Waals surface area contributed by atoms with Crippen LogP contribution in [0.25, 0.3) is 0 Å². The third kappa shape index (κ3) is 3.73. The van der Waals surface area contributed by atoms with Crippen LogP contribution < -0.4 is 4.74 Å². The van der Waals surface area contributed by atoms with E-state index in [-0.39, 0.29) is 0 Å². The Bertz CT molecular complexity index is 900. The topological polar surface area (TPSA) is 97.4 Å². The first-order valence-corrected chi connectivity index (χ1v) is 11.3. The summed E-state index contributed by atoms with van der Waals surface area (Å²) in [5, 5.41) is 19.9. The highest BCUT2D eigenvalue weighted by molar-refractivity contribution is 7.88. The first-order valence-electron chi connectivity index (χ1n) is 9.46. The number of rotatable bonds is 4. The largest absolute Gasteiger partial charge is 0.497 e. The van der Waals surface area contributed by atoms with Gasteiger partial charge in [-0.1, -0.05) is 12.1 Å². The molecule has 0 bridgehead atoms. The van der Waals surface area contributed by atoms with Crippen molar-refractivity contribution in [1.82, 2.24) is 9.21 Å². The number of piperidine rings is 2. The van der Waals surface area contributed by atoms with Gasteiger partial charge in [0.25, 0.3) is 0 Å². The average molecular weight is 403 g/mol. The lowest BCUT2D eigenvalue weighted by atomic mass is 9.72. The number of sulfonamides is 1. The standard InChI is InChI=1S/C20H26N4O3S/c1-27-18-5-3-4-17(14-18)19(15-21)6-10-23(11-7-19)20(16-22)8-12-24(13-9-20)28(2,25)26/h3-5,14H,6-13H2,1-2H3. The smallest absolute Gasteiger partial charge is 0.211 e. The summed E-state index contributed by atoms with van der Waals surface area (Å²) in [5.41, 5.74) is -0.293. The Morgan fingerprint density at radius 3 is 2.18 bits per heavy atom. The summed E-state index contributed by atoms with van der Waals surface area (Å²) < 4.78 is 30.3. The van der Waals surface area contributed by atoms with Gasteiger partial charge in [0.1, 0.15) is 11.3 Å². The molecule has 0 radical (unpaired) electrons. The van der Waals surface area contributed by atoms with Gasteiger partial charge in [0.15, 0.2) is 0 Å². The van der Waals surface area contributed by atoms with Crippen LogP contribution in [-0.4, -0.2) is 62.7 Å². The molecule has 1 aromatic rings. The highest BCUT2D eigenvalue weighted by Crippen LogP contribution is 2.40. The number of methoxy groups -OCH3 is 1. The third-order valence-electron chi connectivity index (χ3n) is 6.29. The molecular weight excluding hydrogens is 376 g/mol. The lowest BCUT2D eigenvalue weighted by Gasteiger charge is -2.48. The normalized spacial score (nSPS) is 22.7. The molecular formula is C20H26N4O3S. The first-order chi connectivity index (χ1) is 13.3. The summed E-state index contributed by atoms with van der Waals surface area (Å²) in [7, 11) is -1.62. The van der Waals surface area contributed by atoms with Gasteiger partial charge in [-0.25, -0.2) is 12.7 Å². The molecule has 0 aliphatic carbocycles. The minimum absolute atomic E-state index is 0.363. The van der Waals surface area contributed by atoms with E-state index in [0.717, 1.165) is 11.3 Å². The van der Waals surface area contributed by atoms with Crippen LogP contribution in [-0.2, 0) is 15.4 Å². The van der Waals surface area contributed by atoms with Crippen LogP contribution in [0.4, 0.5) is 0 Å². The second-order valence-corrected chi connectivity index (χ2v) is 9.70. The van der Waals surface area contributed by atoms with Gasteiger partial charge in [-0.3, -0.25) is 4.90 Å². The van der Waals surface area contributed by atoms with Crippen molar-refractivity contribution in [3.63, 3.8) is 0 Å². The number of likely N-dealkylation sites (tertiary alicyclic amines) is 1. The lowest BCUT2D eigenvalue weighted by Crippen LogP contribution is -2.58. The maximum absolute atomic E-state index is 11.8. The van der Waals surface area contributed by atoms with Gasteiger partial charge in [0, 0.05) is 26.2 Å². The molecule has 28 heavy (non-hydrogen) atoms. The second-order valence-electron chi connectivity index (χ2n) is 7.72. The third-order valence-corrected chi connectivity index (χ3v) is 7.59. The van der Waals surface area contributed by atoms with Crippen molar-refractivity contribution in [2.45, 2.75) is 36.6 Å². The van der Waals surface area contributed by atoms with Crippen molar-refractivity contribution in [1.29, 1.82) is 10.5 Å². The van der Waals surface area contributed by atoms with Crippen LogP contribution in [0.3, 0.4) is 0 Å². The Morgan fingerprint density at radius 1 is 1.04 bits per heavy atom. The Hall–Kier alpha value is -2.13. The first kappa shape index (κ1) is 20.6. The van der Waals surface area contributed by atoms with Crippen molar-refractivity contribution >= 4 is 10.0 Å². The summed E-state index contributed by atoms with van der Waals surface area (Å²) in [4.78, 5) is 2.16. The maximum Gasteiger partial charge on any atom is 0.211 e. The number of ether oxygens (including phenoxy) is 1. The maximum atomic E-state index is 11.8. The number of nitriles is 2. The van der Waals surface area contributed by atoms with Crippen LogP contribution >= 0.6 is 0 Å². The van der Waals surface area contributed by atoms with Crippen LogP contribution in [0.5, 0.6) is 5.75 Å². The van der Waals surface area contributed by atoms with Gasteiger partial charge in [0.05, 0.1) is 30.9 Å². The van der Waals surface area contributed by atoms with Gasteiger partial charge >= 0.3 is 0 Å². The molecule has 150 valence electrons. The molecule has 0 unspecified atom stereocenters. The molecule has 0 spiro atoms. The number of hydrogen-bond acceptors (Lipinski definition) is 6. The van der Waals surface area contributed by atoms with E-state index in [1.807, 2.05) is 24.3 Å². The zero-order valence-electron chi connectivity index (χ0n) is 16.4. The van der Waals surface area contributed by atoms with Crippen molar-refractivity contribution in [2.24, 2.45) is 0 Å². The van der Waals surface area contributed by atoms with E-state index in [4.69, 9.17) is 4.74 Å². The van der Waals surface area contributed by atoms with Gasteiger partial charge in [0.2, 0.25) is 10.0 Å². The van der Waals surface area contributed by atoms with E-state index >= 15 is 0 Å². The lowest BCUT2D eigenvalue weighted by molar-refractivity contribution is 0.0520. The monoisotopic (exact) mass is 402 g/mol. The van der Waals surface area contributed by atoms with Crippen molar-refractivity contribution in [3.05, 3.63) is 29.8 Å². The fourth-order valence-electron chi connectivity index (χ4n) is 4.39. The summed E-state index contributed by atoms with van der Waals surface area (Å²) in [5.74, 6) is 0.733. The zero-order valence-corrected chi connectivity index (χ0v) is 17.2. The van der Waals surface area contributed by atoms with Crippen LogP contribution in [0, 0.1) is 22.7 Å². The van der Waals surface area contributed by atoms with E-state index in [1.165, 1.54) is 10.6 Å². The van der Waals surface area contributed by atoms with E-state index in [9.17, 15) is 18.9 Å². The van der Waals surface area contributed by atoms with E-state index in [1.54, 1.807) is 7.11 Å². The molecule has 1 aromatic carbocycles. The average Bonchev–Trinajstić information content (AvgIpc) is 2.73. The number of hydrogen-bond donors (Lipinski definition) is 0. The van der Waals surface area contributed by atoms with E-state index < -0.39 is 21.0 Å². The number of nitrogens with zero attached hydrogens (tertiary/aromatic N) is 4. The minimum Gasteiger partial charge on any atom is -0.497 e. The molecule has 0 N–H and O–H groups in total. The van der Waals surface area contributed by atoms with Crippen molar-refractivity contribution < 1.29 is 13.2 Å². The molecule has 2 aliphatic heterocycles.